The quantitative estimate of drug-likeness (QED) is 0.439. The van der Waals surface area contributed by atoms with Gasteiger partial charge in [0.15, 0.2) is 0 Å². The van der Waals surface area contributed by atoms with Gasteiger partial charge in [0.1, 0.15) is 11.3 Å². The van der Waals surface area contributed by atoms with Crippen LogP contribution in [0, 0.1) is 13.8 Å². The maximum absolute atomic E-state index is 12.8. The van der Waals surface area contributed by atoms with Crippen LogP contribution in [-0.4, -0.2) is 11.1 Å². The molecule has 1 N–H and O–H groups in total. The molecule has 0 aliphatic heterocycles. The fraction of sp³-hybridized carbons (Fsp3) is 0.154. The molecule has 1 aromatic heterocycles. The largest absolute Gasteiger partial charge is 0.478 e. The van der Waals surface area contributed by atoms with E-state index in [4.69, 9.17) is 9.15 Å². The first kappa shape index (κ1) is 20.4. The van der Waals surface area contributed by atoms with Gasteiger partial charge >= 0.3 is 11.6 Å². The Morgan fingerprint density at radius 2 is 1.58 bits per heavy atom. The topological polar surface area (TPSA) is 76.7 Å². The number of carboxylic acid groups (broad SMARTS) is 1. The molecule has 0 saturated carbocycles. The number of rotatable bonds is 6. The zero-order valence-corrected chi connectivity index (χ0v) is 17.3. The maximum Gasteiger partial charge on any atom is 0.349 e. The summed E-state index contributed by atoms with van der Waals surface area (Å²) in [5, 5.41) is 10.5. The molecule has 5 heteroatoms. The average Bonchev–Trinajstić information content (AvgIpc) is 2.78. The van der Waals surface area contributed by atoms with Crippen molar-refractivity contribution in [3.63, 3.8) is 0 Å². The normalized spacial score (nSPS) is 11.9. The number of aryl methyl sites for hydroxylation is 2. The third-order valence-electron chi connectivity index (χ3n) is 5.45. The first-order valence-electron chi connectivity index (χ1n) is 10.00. The summed E-state index contributed by atoms with van der Waals surface area (Å²) in [4.78, 5) is 24.6. The van der Waals surface area contributed by atoms with Crippen LogP contribution < -0.4 is 10.4 Å². The zero-order chi connectivity index (χ0) is 22.0. The van der Waals surface area contributed by atoms with Gasteiger partial charge in [-0.1, -0.05) is 60.7 Å². The standard InChI is InChI=1S/C26H22O5/c1-16-20-13-14-22(30-24(25(27)28)19-11-7-4-8-12-19)17(2)23(20)31-26(29)21(16)15-18-9-5-3-6-10-18/h3-14,24H,15H2,1-2H3,(H,27,28)/t24-/m0/s1. The average molecular weight is 414 g/mol. The van der Waals surface area contributed by atoms with Crippen LogP contribution in [0.1, 0.15) is 33.9 Å². The van der Waals surface area contributed by atoms with E-state index >= 15 is 0 Å². The molecule has 1 atom stereocenters. The molecule has 31 heavy (non-hydrogen) atoms. The smallest absolute Gasteiger partial charge is 0.349 e. The van der Waals surface area contributed by atoms with Gasteiger partial charge in [0, 0.05) is 28.5 Å². The summed E-state index contributed by atoms with van der Waals surface area (Å²) in [6.07, 6.45) is -0.681. The molecule has 1 heterocycles. The Bertz CT molecular complexity index is 1290. The first-order chi connectivity index (χ1) is 15.0. The summed E-state index contributed by atoms with van der Waals surface area (Å²) in [6.45, 7) is 3.67. The fourth-order valence-corrected chi connectivity index (χ4v) is 3.72. The monoisotopic (exact) mass is 414 g/mol. The molecule has 4 aromatic rings. The Labute approximate surface area is 179 Å². The predicted octanol–water partition coefficient (Wildman–Crippen LogP) is 5.21. The Balaban J connectivity index is 1.75. The minimum absolute atomic E-state index is 0.363. The Kier molecular flexibility index (Phi) is 5.58. The third kappa shape index (κ3) is 4.08. The third-order valence-corrected chi connectivity index (χ3v) is 5.45. The van der Waals surface area contributed by atoms with E-state index in [0.717, 1.165) is 16.5 Å². The minimum atomic E-state index is -1.16. The fourth-order valence-electron chi connectivity index (χ4n) is 3.72. The van der Waals surface area contributed by atoms with Crippen LogP contribution >= 0.6 is 0 Å². The highest BCUT2D eigenvalue weighted by atomic mass is 16.5. The molecule has 3 aromatic carbocycles. The number of aliphatic carboxylic acids is 1. The van der Waals surface area contributed by atoms with E-state index in [1.54, 1.807) is 37.3 Å². The number of carbonyl (C=O) groups is 1. The number of hydrogen-bond acceptors (Lipinski definition) is 4. The number of hydrogen-bond donors (Lipinski definition) is 1. The van der Waals surface area contributed by atoms with Gasteiger partial charge in [0.05, 0.1) is 0 Å². The lowest BCUT2D eigenvalue weighted by Crippen LogP contribution is -2.18. The molecule has 0 radical (unpaired) electrons. The number of benzene rings is 3. The van der Waals surface area contributed by atoms with E-state index in [1.807, 2.05) is 49.4 Å². The highest BCUT2D eigenvalue weighted by molar-refractivity contribution is 5.86. The van der Waals surface area contributed by atoms with E-state index in [2.05, 4.69) is 0 Å². The van der Waals surface area contributed by atoms with Crippen LogP contribution in [0.5, 0.6) is 5.75 Å². The molecule has 0 unspecified atom stereocenters. The van der Waals surface area contributed by atoms with Crippen molar-refractivity contribution in [1.82, 2.24) is 0 Å². The van der Waals surface area contributed by atoms with Gasteiger partial charge in [0.25, 0.3) is 0 Å². The second kappa shape index (κ2) is 8.48. The van der Waals surface area contributed by atoms with Crippen molar-refractivity contribution < 1.29 is 19.1 Å². The molecule has 0 saturated heterocycles. The van der Waals surface area contributed by atoms with Crippen molar-refractivity contribution in [2.75, 3.05) is 0 Å². The van der Waals surface area contributed by atoms with Gasteiger partial charge in [-0.25, -0.2) is 9.59 Å². The second-order valence-electron chi connectivity index (χ2n) is 7.47. The predicted molar refractivity (Wildman–Crippen MR) is 119 cm³/mol. The zero-order valence-electron chi connectivity index (χ0n) is 17.3. The van der Waals surface area contributed by atoms with Crippen LogP contribution in [0.25, 0.3) is 11.0 Å². The lowest BCUT2D eigenvalue weighted by molar-refractivity contribution is -0.145. The Morgan fingerprint density at radius 3 is 2.23 bits per heavy atom. The van der Waals surface area contributed by atoms with Crippen molar-refractivity contribution in [3.8, 4) is 5.75 Å². The van der Waals surface area contributed by atoms with Gasteiger partial charge in [-0.15, -0.1) is 0 Å². The molecule has 0 aliphatic carbocycles. The molecular weight excluding hydrogens is 392 g/mol. The van der Waals surface area contributed by atoms with Gasteiger partial charge in [-0.3, -0.25) is 0 Å². The maximum atomic E-state index is 12.8. The summed E-state index contributed by atoms with van der Waals surface area (Å²) in [7, 11) is 0. The molecule has 0 aliphatic rings. The van der Waals surface area contributed by atoms with E-state index in [1.165, 1.54) is 0 Å². The lowest BCUT2D eigenvalue weighted by atomic mass is 9.98. The van der Waals surface area contributed by atoms with Crippen molar-refractivity contribution in [2.24, 2.45) is 0 Å². The highest BCUT2D eigenvalue weighted by Gasteiger charge is 2.24. The van der Waals surface area contributed by atoms with Gasteiger partial charge in [-0.2, -0.15) is 0 Å². The summed E-state index contributed by atoms with van der Waals surface area (Å²) in [6, 6.07) is 22.0. The van der Waals surface area contributed by atoms with Crippen LogP contribution in [0.4, 0.5) is 0 Å². The van der Waals surface area contributed by atoms with E-state index in [-0.39, 0.29) is 0 Å². The van der Waals surface area contributed by atoms with E-state index < -0.39 is 17.7 Å². The van der Waals surface area contributed by atoms with Crippen LogP contribution in [0.2, 0.25) is 0 Å². The van der Waals surface area contributed by atoms with Crippen molar-refractivity contribution >= 4 is 16.9 Å². The molecule has 0 fully saturated rings. The minimum Gasteiger partial charge on any atom is -0.478 e. The van der Waals surface area contributed by atoms with Crippen LogP contribution in [0.15, 0.2) is 82.0 Å². The van der Waals surface area contributed by atoms with Gasteiger partial charge < -0.3 is 14.3 Å². The van der Waals surface area contributed by atoms with E-state index in [0.29, 0.717) is 34.4 Å². The molecule has 0 bridgehead atoms. The molecule has 156 valence electrons. The molecule has 0 spiro atoms. The number of fused-ring (bicyclic) bond motifs is 1. The summed E-state index contributed by atoms with van der Waals surface area (Å²) in [5.41, 5.74) is 3.63. The molecule has 0 amide bonds. The highest BCUT2D eigenvalue weighted by Crippen LogP contribution is 2.32. The van der Waals surface area contributed by atoms with Gasteiger partial charge in [-0.05, 0) is 37.1 Å². The summed E-state index contributed by atoms with van der Waals surface area (Å²) < 4.78 is 11.5. The SMILES string of the molecule is Cc1c(Cc2ccccc2)c(=O)oc2c(C)c(O[C@H](C(=O)O)c3ccccc3)ccc12. The first-order valence-corrected chi connectivity index (χ1v) is 10.00. The second-order valence-corrected chi connectivity index (χ2v) is 7.47. The van der Waals surface area contributed by atoms with Crippen molar-refractivity contribution in [2.45, 2.75) is 26.4 Å². The molecular formula is C26H22O5. The van der Waals surface area contributed by atoms with Crippen LogP contribution in [0.3, 0.4) is 0 Å². The van der Waals surface area contributed by atoms with Crippen LogP contribution in [-0.2, 0) is 11.2 Å². The number of ether oxygens (including phenoxy) is 1. The Morgan fingerprint density at radius 1 is 0.935 bits per heavy atom. The number of carboxylic acids is 1. The summed E-state index contributed by atoms with van der Waals surface area (Å²) in [5.74, 6) is -0.733. The molecule has 4 rings (SSSR count). The summed E-state index contributed by atoms with van der Waals surface area (Å²) >= 11 is 0. The molecule has 5 nitrogen and oxygen atoms in total. The van der Waals surface area contributed by atoms with Crippen molar-refractivity contribution in [1.29, 1.82) is 0 Å². The van der Waals surface area contributed by atoms with Crippen molar-refractivity contribution in [3.05, 3.63) is 111 Å². The van der Waals surface area contributed by atoms with E-state index in [9.17, 15) is 14.7 Å². The lowest BCUT2D eigenvalue weighted by Gasteiger charge is -2.18. The Hall–Kier alpha value is -3.86. The van der Waals surface area contributed by atoms with Gasteiger partial charge in [0.2, 0.25) is 6.10 Å².